The SMILES string of the molecule is [CH2]C(C)CC#CC(C)C. The molecule has 0 heterocycles. The van der Waals surface area contributed by atoms with Crippen LogP contribution >= 0.6 is 0 Å². The number of hydrogen-bond donors (Lipinski definition) is 0. The van der Waals surface area contributed by atoms with Gasteiger partial charge in [-0.2, -0.15) is 0 Å². The van der Waals surface area contributed by atoms with Crippen LogP contribution in [0.15, 0.2) is 0 Å². The summed E-state index contributed by atoms with van der Waals surface area (Å²) in [5.41, 5.74) is 0. The first-order chi connectivity index (χ1) is 4.13. The van der Waals surface area contributed by atoms with E-state index in [9.17, 15) is 0 Å². The van der Waals surface area contributed by atoms with Gasteiger partial charge in [0, 0.05) is 12.3 Å². The quantitative estimate of drug-likeness (QED) is 0.470. The van der Waals surface area contributed by atoms with E-state index in [4.69, 9.17) is 0 Å². The summed E-state index contributed by atoms with van der Waals surface area (Å²) in [5.74, 6) is 7.13. The van der Waals surface area contributed by atoms with Gasteiger partial charge in [0.15, 0.2) is 0 Å². The van der Waals surface area contributed by atoms with Crippen LogP contribution < -0.4 is 0 Å². The molecule has 0 saturated heterocycles. The maximum absolute atomic E-state index is 3.83. The fourth-order valence-corrected chi connectivity index (χ4v) is 0.437. The van der Waals surface area contributed by atoms with E-state index in [0.29, 0.717) is 11.8 Å². The lowest BCUT2D eigenvalue weighted by atomic mass is 10.1. The molecule has 0 fully saturated rings. The Morgan fingerprint density at radius 2 is 1.89 bits per heavy atom. The van der Waals surface area contributed by atoms with Gasteiger partial charge in [0.25, 0.3) is 0 Å². The molecule has 0 aliphatic rings. The van der Waals surface area contributed by atoms with Crippen molar-refractivity contribution in [2.45, 2.75) is 27.2 Å². The van der Waals surface area contributed by atoms with Gasteiger partial charge in [0.1, 0.15) is 0 Å². The van der Waals surface area contributed by atoms with Gasteiger partial charge in [-0.15, -0.1) is 11.8 Å². The normalized spacial score (nSPS) is 9.56. The van der Waals surface area contributed by atoms with Crippen LogP contribution in [0.1, 0.15) is 27.2 Å². The highest BCUT2D eigenvalue weighted by Gasteiger charge is 1.86. The maximum atomic E-state index is 3.83. The van der Waals surface area contributed by atoms with E-state index < -0.39 is 0 Å². The summed E-state index contributed by atoms with van der Waals surface area (Å²) in [6.07, 6.45) is 0.929. The van der Waals surface area contributed by atoms with Crippen molar-refractivity contribution >= 4 is 0 Å². The molecule has 1 unspecified atom stereocenters. The van der Waals surface area contributed by atoms with Crippen LogP contribution in [-0.4, -0.2) is 0 Å². The number of rotatable bonds is 1. The summed E-state index contributed by atoms with van der Waals surface area (Å²) in [7, 11) is 0. The molecule has 9 heavy (non-hydrogen) atoms. The molecule has 1 radical (unpaired) electrons. The lowest BCUT2D eigenvalue weighted by Crippen LogP contribution is -1.84. The molecule has 0 rings (SSSR count). The summed E-state index contributed by atoms with van der Waals surface area (Å²) in [5, 5.41) is 0. The minimum Gasteiger partial charge on any atom is -0.103 e. The molecule has 0 heteroatoms. The Morgan fingerprint density at radius 3 is 2.22 bits per heavy atom. The van der Waals surface area contributed by atoms with Crippen molar-refractivity contribution in [3.63, 3.8) is 0 Å². The van der Waals surface area contributed by atoms with Crippen LogP contribution in [-0.2, 0) is 0 Å². The number of hydrogen-bond acceptors (Lipinski definition) is 0. The second-order valence-corrected chi connectivity index (χ2v) is 2.79. The molecule has 0 saturated carbocycles. The summed E-state index contributed by atoms with van der Waals surface area (Å²) in [4.78, 5) is 0. The molecule has 0 amide bonds. The fourth-order valence-electron chi connectivity index (χ4n) is 0.437. The van der Waals surface area contributed by atoms with Gasteiger partial charge in [0.2, 0.25) is 0 Å². The maximum Gasteiger partial charge on any atom is 0.0146 e. The first kappa shape index (κ1) is 8.56. The summed E-state index contributed by atoms with van der Waals surface area (Å²) >= 11 is 0. The van der Waals surface area contributed by atoms with E-state index in [2.05, 4.69) is 39.5 Å². The Kier molecular flexibility index (Phi) is 4.22. The van der Waals surface area contributed by atoms with Crippen molar-refractivity contribution in [2.75, 3.05) is 0 Å². The van der Waals surface area contributed by atoms with Crippen LogP contribution in [0.5, 0.6) is 0 Å². The largest absolute Gasteiger partial charge is 0.103 e. The standard InChI is InChI=1S/C9H15/c1-8(2)6-5-7-9(3)4/h8-9H,1,6H2,2-4H3. The average Bonchev–Trinajstić information content (AvgIpc) is 1.63. The Bertz CT molecular complexity index is 110. The van der Waals surface area contributed by atoms with E-state index in [-0.39, 0.29) is 0 Å². The molecular weight excluding hydrogens is 108 g/mol. The molecule has 0 aliphatic heterocycles. The predicted molar refractivity (Wildman–Crippen MR) is 41.8 cm³/mol. The second-order valence-electron chi connectivity index (χ2n) is 2.79. The minimum atomic E-state index is 0.469. The topological polar surface area (TPSA) is 0 Å². The summed E-state index contributed by atoms with van der Waals surface area (Å²) in [6, 6.07) is 0. The van der Waals surface area contributed by atoms with E-state index in [0.717, 1.165) is 6.42 Å². The highest BCUT2D eigenvalue weighted by molar-refractivity contribution is 5.01. The lowest BCUT2D eigenvalue weighted by molar-refractivity contribution is 0.751. The van der Waals surface area contributed by atoms with Gasteiger partial charge in [-0.3, -0.25) is 0 Å². The van der Waals surface area contributed by atoms with Crippen LogP contribution in [0.25, 0.3) is 0 Å². The fraction of sp³-hybridized carbons (Fsp3) is 0.667. The Balaban J connectivity index is 3.38. The first-order valence-corrected chi connectivity index (χ1v) is 3.44. The molecule has 0 aliphatic carbocycles. The van der Waals surface area contributed by atoms with Gasteiger partial charge < -0.3 is 0 Å². The molecule has 0 aromatic rings. The van der Waals surface area contributed by atoms with Gasteiger partial charge in [-0.25, -0.2) is 0 Å². The second kappa shape index (κ2) is 4.44. The van der Waals surface area contributed by atoms with E-state index in [1.165, 1.54) is 0 Å². The zero-order valence-corrected chi connectivity index (χ0v) is 6.57. The van der Waals surface area contributed by atoms with Gasteiger partial charge in [-0.1, -0.05) is 20.8 Å². The molecule has 0 aromatic carbocycles. The third kappa shape index (κ3) is 7.56. The van der Waals surface area contributed by atoms with Crippen molar-refractivity contribution in [1.29, 1.82) is 0 Å². The van der Waals surface area contributed by atoms with Crippen molar-refractivity contribution in [3.05, 3.63) is 6.92 Å². The lowest BCUT2D eigenvalue weighted by Gasteiger charge is -1.93. The molecule has 0 N–H and O–H groups in total. The Hall–Kier alpha value is -0.440. The molecule has 0 nitrogen and oxygen atoms in total. The van der Waals surface area contributed by atoms with Crippen molar-refractivity contribution in [1.82, 2.24) is 0 Å². The van der Waals surface area contributed by atoms with Gasteiger partial charge in [-0.05, 0) is 12.8 Å². The molecule has 1 atom stereocenters. The van der Waals surface area contributed by atoms with Gasteiger partial charge >= 0.3 is 0 Å². The third-order valence-corrected chi connectivity index (χ3v) is 0.841. The highest BCUT2D eigenvalue weighted by atomic mass is 13.9. The van der Waals surface area contributed by atoms with Crippen LogP contribution in [0.3, 0.4) is 0 Å². The van der Waals surface area contributed by atoms with Gasteiger partial charge in [0.05, 0.1) is 0 Å². The Morgan fingerprint density at radius 1 is 1.33 bits per heavy atom. The average molecular weight is 123 g/mol. The smallest absolute Gasteiger partial charge is 0.0146 e. The first-order valence-electron chi connectivity index (χ1n) is 3.44. The van der Waals surface area contributed by atoms with Crippen LogP contribution in [0.4, 0.5) is 0 Å². The molecule has 0 aromatic heterocycles. The van der Waals surface area contributed by atoms with Crippen molar-refractivity contribution in [2.24, 2.45) is 11.8 Å². The molecular formula is C9H15. The van der Waals surface area contributed by atoms with Crippen LogP contribution in [0, 0.1) is 30.6 Å². The zero-order chi connectivity index (χ0) is 7.28. The molecule has 0 bridgehead atoms. The zero-order valence-electron chi connectivity index (χ0n) is 6.57. The highest BCUT2D eigenvalue weighted by Crippen LogP contribution is 1.96. The van der Waals surface area contributed by atoms with E-state index in [1.807, 2.05) is 0 Å². The minimum absolute atomic E-state index is 0.469. The predicted octanol–water partition coefficient (Wildman–Crippen LogP) is 2.51. The van der Waals surface area contributed by atoms with E-state index in [1.54, 1.807) is 0 Å². The van der Waals surface area contributed by atoms with Crippen molar-refractivity contribution in [3.8, 4) is 11.8 Å². The third-order valence-electron chi connectivity index (χ3n) is 0.841. The Labute approximate surface area is 58.7 Å². The monoisotopic (exact) mass is 123 g/mol. The summed E-state index contributed by atoms with van der Waals surface area (Å²) < 4.78 is 0. The summed E-state index contributed by atoms with van der Waals surface area (Å²) in [6.45, 7) is 10.1. The van der Waals surface area contributed by atoms with Crippen LogP contribution in [0.2, 0.25) is 0 Å². The van der Waals surface area contributed by atoms with E-state index >= 15 is 0 Å². The van der Waals surface area contributed by atoms with Crippen molar-refractivity contribution < 1.29 is 0 Å². The molecule has 51 valence electrons. The molecule has 0 spiro atoms.